The van der Waals surface area contributed by atoms with E-state index in [4.69, 9.17) is 0 Å². The lowest BCUT2D eigenvalue weighted by atomic mass is 10.2. The maximum Gasteiger partial charge on any atom is 0.573 e. The zero-order valence-electron chi connectivity index (χ0n) is 18.7. The summed E-state index contributed by atoms with van der Waals surface area (Å²) < 4.78 is 123. The first-order valence-corrected chi connectivity index (χ1v) is 11.8. The number of hydrogen-bond acceptors (Lipinski definition) is 4. The van der Waals surface area contributed by atoms with Crippen LogP contribution in [0.3, 0.4) is 0 Å². The van der Waals surface area contributed by atoms with Gasteiger partial charge in [-0.2, -0.15) is 13.2 Å². The molecule has 0 aliphatic carbocycles. The van der Waals surface area contributed by atoms with Crippen LogP contribution in [-0.4, -0.2) is 24.2 Å². The van der Waals surface area contributed by atoms with Crippen LogP contribution >= 0.6 is 0 Å². The van der Waals surface area contributed by atoms with Gasteiger partial charge in [-0.1, -0.05) is 12.1 Å². The lowest BCUT2D eigenvalue weighted by Gasteiger charge is -2.23. The van der Waals surface area contributed by atoms with E-state index in [1.807, 2.05) is 0 Å². The van der Waals surface area contributed by atoms with E-state index in [9.17, 15) is 39.2 Å². The summed E-state index contributed by atoms with van der Waals surface area (Å²) in [5.41, 5.74) is -0.703. The number of alkyl halides is 6. The molecule has 0 unspecified atom stereocenters. The average molecular weight is 547 g/mol. The van der Waals surface area contributed by atoms with Gasteiger partial charge in [-0.15, -0.1) is 13.2 Å². The zero-order chi connectivity index (χ0) is 27.2. The second-order valence-corrected chi connectivity index (χ2v) is 9.68. The second-order valence-electron chi connectivity index (χ2n) is 7.82. The molecule has 0 aliphatic rings. The van der Waals surface area contributed by atoms with Crippen molar-refractivity contribution in [2.24, 2.45) is 0 Å². The van der Waals surface area contributed by atoms with Crippen molar-refractivity contribution in [1.29, 1.82) is 0 Å². The van der Waals surface area contributed by atoms with E-state index in [0.717, 1.165) is 63.4 Å². The summed E-state index contributed by atoms with van der Waals surface area (Å²) in [4.78, 5) is 3.87. The number of ether oxygens (including phenoxy) is 1. The average Bonchev–Trinajstić information content (AvgIpc) is 3.12. The van der Waals surface area contributed by atoms with E-state index in [1.54, 1.807) is 0 Å². The fourth-order valence-corrected chi connectivity index (χ4v) is 4.98. The molecule has 0 saturated carbocycles. The quantitative estimate of drug-likeness (QED) is 0.274. The molecule has 2 heterocycles. The summed E-state index contributed by atoms with van der Waals surface area (Å²) in [6.07, 6.45) is -8.82. The molecule has 4 rings (SSSR count). The lowest BCUT2D eigenvalue weighted by Crippen LogP contribution is -2.31. The van der Waals surface area contributed by atoms with Crippen molar-refractivity contribution in [3.63, 3.8) is 0 Å². The molecule has 4 aromatic rings. The number of nitrogens with zero attached hydrogens (tertiary/aromatic N) is 3. The van der Waals surface area contributed by atoms with Crippen molar-refractivity contribution in [3.05, 3.63) is 89.5 Å². The first-order chi connectivity index (χ1) is 17.1. The number of hydrogen-bond donors (Lipinski definition) is 0. The maximum atomic E-state index is 13.6. The van der Waals surface area contributed by atoms with Crippen LogP contribution in [-0.2, 0) is 22.7 Å². The first kappa shape index (κ1) is 26.3. The van der Waals surface area contributed by atoms with Crippen LogP contribution < -0.4 is 9.04 Å². The molecular weight excluding hydrogens is 531 g/mol. The number of benzene rings is 2. The highest BCUT2D eigenvalue weighted by atomic mass is 32.2. The number of halogens is 7. The molecule has 0 bridgehead atoms. The summed E-state index contributed by atoms with van der Waals surface area (Å²) in [7, 11) is -4.46. The Labute approximate surface area is 205 Å². The molecule has 14 heteroatoms. The number of anilines is 1. The molecule has 0 amide bonds. The van der Waals surface area contributed by atoms with Crippen LogP contribution in [0.25, 0.3) is 5.65 Å². The first-order valence-electron chi connectivity index (χ1n) is 10.3. The summed E-state index contributed by atoms with van der Waals surface area (Å²) in [6.45, 7) is 0.909. The van der Waals surface area contributed by atoms with E-state index in [2.05, 4.69) is 9.72 Å². The fraction of sp³-hybridized carbons (Fsp3) is 0.174. The molecule has 0 aliphatic heterocycles. The Bertz CT molecular complexity index is 1530. The van der Waals surface area contributed by atoms with Gasteiger partial charge in [0.25, 0.3) is 10.0 Å². The Kier molecular flexibility index (Phi) is 6.56. The molecule has 6 nitrogen and oxygen atoms in total. The van der Waals surface area contributed by atoms with Gasteiger partial charge in [0.1, 0.15) is 17.2 Å². The monoisotopic (exact) mass is 547 g/mol. The van der Waals surface area contributed by atoms with Crippen molar-refractivity contribution in [2.75, 3.05) is 4.31 Å². The van der Waals surface area contributed by atoms with Gasteiger partial charge in [0, 0.05) is 6.20 Å². The molecule has 0 saturated heterocycles. The number of imidazole rings is 1. The Balaban J connectivity index is 1.81. The minimum absolute atomic E-state index is 0.0220. The number of pyridine rings is 1. The van der Waals surface area contributed by atoms with Gasteiger partial charge in [-0.3, -0.25) is 0 Å². The van der Waals surface area contributed by atoms with E-state index >= 15 is 0 Å². The van der Waals surface area contributed by atoms with Gasteiger partial charge in [-0.25, -0.2) is 22.1 Å². The van der Waals surface area contributed by atoms with Crippen molar-refractivity contribution in [3.8, 4) is 5.75 Å². The number of fused-ring (bicyclic) bond motifs is 1. The minimum atomic E-state index is -4.93. The largest absolute Gasteiger partial charge is 0.573 e. The van der Waals surface area contributed by atoms with Crippen molar-refractivity contribution >= 4 is 21.5 Å². The van der Waals surface area contributed by atoms with Gasteiger partial charge in [0.2, 0.25) is 0 Å². The molecule has 0 fully saturated rings. The third kappa shape index (κ3) is 5.63. The molecular formula is C23H16F7N3O3S. The van der Waals surface area contributed by atoms with Crippen LogP contribution in [0, 0.1) is 12.7 Å². The molecule has 0 atom stereocenters. The Morgan fingerprint density at radius 3 is 2.11 bits per heavy atom. The minimum Gasteiger partial charge on any atom is -0.406 e. The number of rotatable bonds is 6. The van der Waals surface area contributed by atoms with E-state index in [-0.39, 0.29) is 27.6 Å². The SMILES string of the molecule is Cc1c(N(Cc2ccc(OC(F)(F)F)cc2)S(=O)(=O)c2ccc(F)cc2)nc2ccc(C(F)(F)F)cn12. The van der Waals surface area contributed by atoms with Crippen molar-refractivity contribution in [2.45, 2.75) is 30.9 Å². The predicted molar refractivity (Wildman–Crippen MR) is 118 cm³/mol. The smallest absolute Gasteiger partial charge is 0.406 e. The molecule has 0 spiro atoms. The summed E-state index contributed by atoms with van der Waals surface area (Å²) in [5.74, 6) is -1.46. The standard InChI is InChI=1S/C23H16F7N3O3S/c1-14-21(31-20-11-4-16(13-32(14)20)22(25,26)27)33(37(34,35)19-9-5-17(24)6-10-19)12-15-2-7-18(8-3-15)36-23(28,29)30/h2-11,13H,12H2,1H3. The predicted octanol–water partition coefficient (Wildman–Crippen LogP) is 6.09. The topological polar surface area (TPSA) is 63.9 Å². The summed E-state index contributed by atoms with van der Waals surface area (Å²) in [6, 6.07) is 10.1. The van der Waals surface area contributed by atoms with Crippen molar-refractivity contribution < 1.29 is 43.9 Å². The Morgan fingerprint density at radius 1 is 0.919 bits per heavy atom. The zero-order valence-corrected chi connectivity index (χ0v) is 19.5. The van der Waals surface area contributed by atoms with Gasteiger partial charge in [-0.05, 0) is 61.0 Å². The van der Waals surface area contributed by atoms with E-state index in [0.29, 0.717) is 0 Å². The van der Waals surface area contributed by atoms with Crippen LogP contribution in [0.2, 0.25) is 0 Å². The molecule has 2 aromatic carbocycles. The molecule has 196 valence electrons. The molecule has 37 heavy (non-hydrogen) atoms. The third-order valence-corrected chi connectivity index (χ3v) is 7.03. The normalized spacial score (nSPS) is 12.6. The van der Waals surface area contributed by atoms with Gasteiger partial charge < -0.3 is 9.14 Å². The number of aromatic nitrogens is 2. The van der Waals surface area contributed by atoms with Crippen LogP contribution in [0.4, 0.5) is 36.6 Å². The Hall–Kier alpha value is -3.81. The van der Waals surface area contributed by atoms with Crippen molar-refractivity contribution in [1.82, 2.24) is 9.38 Å². The molecule has 0 radical (unpaired) electrons. The van der Waals surface area contributed by atoms with E-state index in [1.165, 1.54) is 19.1 Å². The number of aryl methyl sites for hydroxylation is 1. The van der Waals surface area contributed by atoms with Gasteiger partial charge in [0.15, 0.2) is 5.82 Å². The van der Waals surface area contributed by atoms with E-state index < -0.39 is 46.2 Å². The van der Waals surface area contributed by atoms with Gasteiger partial charge in [0.05, 0.1) is 22.7 Å². The summed E-state index contributed by atoms with van der Waals surface area (Å²) >= 11 is 0. The van der Waals surface area contributed by atoms with Crippen LogP contribution in [0.15, 0.2) is 71.8 Å². The summed E-state index contributed by atoms with van der Waals surface area (Å²) in [5, 5.41) is 0. The molecule has 0 N–H and O–H groups in total. The second kappa shape index (κ2) is 9.25. The maximum absolute atomic E-state index is 13.6. The number of sulfonamides is 1. The van der Waals surface area contributed by atoms with Gasteiger partial charge >= 0.3 is 12.5 Å². The highest BCUT2D eigenvalue weighted by Gasteiger charge is 2.34. The lowest BCUT2D eigenvalue weighted by molar-refractivity contribution is -0.274. The molecule has 2 aromatic heterocycles. The van der Waals surface area contributed by atoms with Crippen LogP contribution in [0.1, 0.15) is 16.8 Å². The third-order valence-electron chi connectivity index (χ3n) is 5.28. The highest BCUT2D eigenvalue weighted by molar-refractivity contribution is 7.92. The fourth-order valence-electron chi connectivity index (χ4n) is 3.52. The Morgan fingerprint density at radius 2 is 1.54 bits per heavy atom. The highest BCUT2D eigenvalue weighted by Crippen LogP contribution is 2.33. The van der Waals surface area contributed by atoms with Crippen LogP contribution in [0.5, 0.6) is 5.75 Å².